The highest BCUT2D eigenvalue weighted by molar-refractivity contribution is 7.91. The van der Waals surface area contributed by atoms with Crippen molar-refractivity contribution in [2.45, 2.75) is 24.4 Å². The zero-order chi connectivity index (χ0) is 15.3. The fraction of sp³-hybridized carbons (Fsp3) is 0.500. The van der Waals surface area contributed by atoms with Crippen molar-refractivity contribution in [3.63, 3.8) is 0 Å². The fourth-order valence-electron chi connectivity index (χ4n) is 1.97. The molecule has 1 aromatic rings. The molecule has 116 valence electrons. The fourth-order valence-corrected chi connectivity index (χ4v) is 3.14. The summed E-state index contributed by atoms with van der Waals surface area (Å²) in [4.78, 5) is 4.63. The summed E-state index contributed by atoms with van der Waals surface area (Å²) in [7, 11) is -1.77. The molecule has 0 fully saturated rings. The second kappa shape index (κ2) is 6.91. The van der Waals surface area contributed by atoms with Crippen LogP contribution < -0.4 is 10.6 Å². The van der Waals surface area contributed by atoms with Gasteiger partial charge < -0.3 is 15.4 Å². The lowest BCUT2D eigenvalue weighted by Gasteiger charge is -2.09. The van der Waals surface area contributed by atoms with Gasteiger partial charge in [0.2, 0.25) is 0 Å². The number of ether oxygens (including phenoxy) is 1. The Morgan fingerprint density at radius 1 is 1.38 bits per heavy atom. The molecule has 1 aliphatic rings. The number of nitrogens with zero attached hydrogens (tertiary/aromatic N) is 1. The highest BCUT2D eigenvalue weighted by Crippen LogP contribution is 2.12. The van der Waals surface area contributed by atoms with Crippen molar-refractivity contribution < 1.29 is 13.2 Å². The van der Waals surface area contributed by atoms with Gasteiger partial charge in [-0.15, -0.1) is 0 Å². The van der Waals surface area contributed by atoms with E-state index in [1.54, 1.807) is 12.1 Å². The lowest BCUT2D eigenvalue weighted by atomic mass is 10.2. The van der Waals surface area contributed by atoms with Gasteiger partial charge in [0.1, 0.15) is 0 Å². The number of methoxy groups -OCH3 is 1. The molecule has 0 aromatic heterocycles. The van der Waals surface area contributed by atoms with Crippen LogP contribution in [0, 0.1) is 0 Å². The number of aliphatic imine (C=N–C) groups is 1. The van der Waals surface area contributed by atoms with Gasteiger partial charge in [-0.25, -0.2) is 8.42 Å². The monoisotopic (exact) mass is 311 g/mol. The van der Waals surface area contributed by atoms with E-state index in [9.17, 15) is 8.42 Å². The maximum Gasteiger partial charge on any atom is 0.191 e. The smallest absolute Gasteiger partial charge is 0.191 e. The second-order valence-corrected chi connectivity index (χ2v) is 7.15. The third-order valence-electron chi connectivity index (χ3n) is 3.20. The van der Waals surface area contributed by atoms with Gasteiger partial charge in [-0.1, -0.05) is 12.1 Å². The minimum atomic E-state index is -3.26. The summed E-state index contributed by atoms with van der Waals surface area (Å²) in [5.41, 5.74) is 1.00. The molecule has 2 N–H and O–H groups in total. The Morgan fingerprint density at radius 3 is 2.67 bits per heavy atom. The van der Waals surface area contributed by atoms with E-state index < -0.39 is 9.84 Å². The van der Waals surface area contributed by atoms with Gasteiger partial charge in [-0.05, 0) is 24.6 Å². The van der Waals surface area contributed by atoms with Gasteiger partial charge in [-0.3, -0.25) is 4.99 Å². The number of sulfone groups is 1. The number of hydrogen-bond acceptors (Lipinski definition) is 6. The molecule has 2 rings (SSSR count). The van der Waals surface area contributed by atoms with Gasteiger partial charge in [0.05, 0.1) is 23.8 Å². The Kier molecular flexibility index (Phi) is 5.19. The summed E-state index contributed by atoms with van der Waals surface area (Å²) < 4.78 is 28.8. The zero-order valence-electron chi connectivity index (χ0n) is 12.3. The zero-order valence-corrected chi connectivity index (χ0v) is 13.1. The number of benzene rings is 1. The van der Waals surface area contributed by atoms with E-state index in [1.807, 2.05) is 12.1 Å². The Morgan fingerprint density at radius 2 is 2.10 bits per heavy atom. The van der Waals surface area contributed by atoms with Crippen molar-refractivity contribution >= 4 is 15.8 Å². The predicted molar refractivity (Wildman–Crippen MR) is 82.1 cm³/mol. The topological polar surface area (TPSA) is 79.8 Å². The number of nitrogens with one attached hydrogen (secondary N) is 2. The molecule has 21 heavy (non-hydrogen) atoms. The Balaban J connectivity index is 1.93. The van der Waals surface area contributed by atoms with E-state index in [2.05, 4.69) is 22.5 Å². The maximum atomic E-state index is 12.0. The van der Waals surface area contributed by atoms with E-state index in [1.165, 1.54) is 7.11 Å². The molecule has 0 radical (unpaired) electrons. The third-order valence-corrected chi connectivity index (χ3v) is 4.90. The Bertz CT molecular complexity index is 596. The normalized spacial score (nSPS) is 18.2. The molecular formula is C14H21N3O3S. The van der Waals surface area contributed by atoms with Crippen LogP contribution in [-0.2, 0) is 21.1 Å². The third kappa shape index (κ3) is 4.44. The van der Waals surface area contributed by atoms with Crippen molar-refractivity contribution in [2.24, 2.45) is 4.99 Å². The lowest BCUT2D eigenvalue weighted by molar-refractivity contribution is 0.217. The maximum absolute atomic E-state index is 12.0. The first-order chi connectivity index (χ1) is 10.0. The van der Waals surface area contributed by atoms with Crippen LogP contribution in [0.2, 0.25) is 0 Å². The van der Waals surface area contributed by atoms with Gasteiger partial charge in [0.15, 0.2) is 15.8 Å². The summed E-state index contributed by atoms with van der Waals surface area (Å²) in [6.07, 6.45) is 0. The standard InChI is InChI=1S/C14H21N3O3S/c1-11-9-15-14(17-11)16-10-12-3-5-13(6-4-12)21(18,19)8-7-20-2/h3-6,11H,7-10H2,1-2H3,(H2,15,16,17). The van der Waals surface area contributed by atoms with Crippen molar-refractivity contribution in [3.8, 4) is 0 Å². The molecule has 0 bridgehead atoms. The van der Waals surface area contributed by atoms with Gasteiger partial charge in [-0.2, -0.15) is 0 Å². The van der Waals surface area contributed by atoms with Crippen LogP contribution >= 0.6 is 0 Å². The molecule has 1 unspecified atom stereocenters. The molecule has 0 spiro atoms. The van der Waals surface area contributed by atoms with E-state index in [-0.39, 0.29) is 12.4 Å². The van der Waals surface area contributed by atoms with E-state index in [0.717, 1.165) is 18.1 Å². The van der Waals surface area contributed by atoms with E-state index in [4.69, 9.17) is 4.74 Å². The average molecular weight is 311 g/mol. The van der Waals surface area contributed by atoms with Crippen molar-refractivity contribution in [2.75, 3.05) is 26.0 Å². The highest BCUT2D eigenvalue weighted by Gasteiger charge is 2.14. The average Bonchev–Trinajstić information content (AvgIpc) is 2.89. The van der Waals surface area contributed by atoms with Crippen LogP contribution in [0.4, 0.5) is 0 Å². The molecule has 1 aromatic carbocycles. The van der Waals surface area contributed by atoms with Crippen LogP contribution in [0.1, 0.15) is 12.5 Å². The van der Waals surface area contributed by atoms with Crippen LogP contribution in [0.15, 0.2) is 34.2 Å². The molecule has 7 heteroatoms. The summed E-state index contributed by atoms with van der Waals surface area (Å²) in [6.45, 7) is 3.66. The van der Waals surface area contributed by atoms with Crippen LogP contribution in [0.5, 0.6) is 0 Å². The van der Waals surface area contributed by atoms with Crippen LogP contribution in [0.3, 0.4) is 0 Å². The quantitative estimate of drug-likeness (QED) is 0.802. The van der Waals surface area contributed by atoms with E-state index in [0.29, 0.717) is 17.5 Å². The lowest BCUT2D eigenvalue weighted by Crippen LogP contribution is -2.37. The molecule has 1 heterocycles. The largest absolute Gasteiger partial charge is 0.384 e. The molecule has 1 aliphatic heterocycles. The molecule has 0 aliphatic carbocycles. The van der Waals surface area contributed by atoms with Gasteiger partial charge >= 0.3 is 0 Å². The van der Waals surface area contributed by atoms with Gasteiger partial charge in [0, 0.05) is 19.7 Å². The van der Waals surface area contributed by atoms with Crippen molar-refractivity contribution in [1.29, 1.82) is 0 Å². The minimum Gasteiger partial charge on any atom is -0.384 e. The molecular weight excluding hydrogens is 290 g/mol. The molecule has 1 atom stereocenters. The summed E-state index contributed by atoms with van der Waals surface area (Å²) in [5.74, 6) is 0.791. The van der Waals surface area contributed by atoms with Crippen molar-refractivity contribution in [1.82, 2.24) is 10.6 Å². The molecule has 0 saturated carbocycles. The SMILES string of the molecule is COCCS(=O)(=O)c1ccc(CNC2=NCC(C)N2)cc1. The summed E-state index contributed by atoms with van der Waals surface area (Å²) in [6, 6.07) is 7.25. The van der Waals surface area contributed by atoms with Gasteiger partial charge in [0.25, 0.3) is 0 Å². The Hall–Kier alpha value is -1.60. The molecule has 0 amide bonds. The minimum absolute atomic E-state index is 0.000287. The number of hydrogen-bond donors (Lipinski definition) is 2. The predicted octanol–water partition coefficient (Wildman–Crippen LogP) is 0.544. The van der Waals surface area contributed by atoms with E-state index >= 15 is 0 Å². The summed E-state index contributed by atoms with van der Waals surface area (Å²) >= 11 is 0. The first-order valence-corrected chi connectivity index (χ1v) is 8.52. The summed E-state index contributed by atoms with van der Waals surface area (Å²) in [5, 5.41) is 6.40. The molecule has 6 nitrogen and oxygen atoms in total. The molecule has 0 saturated heterocycles. The highest BCUT2D eigenvalue weighted by atomic mass is 32.2. The first kappa shape index (κ1) is 15.8. The number of rotatable bonds is 6. The van der Waals surface area contributed by atoms with Crippen LogP contribution in [0.25, 0.3) is 0 Å². The number of guanidine groups is 1. The van der Waals surface area contributed by atoms with Crippen LogP contribution in [-0.4, -0.2) is 46.4 Å². The second-order valence-electron chi connectivity index (χ2n) is 5.04. The Labute approximate surface area is 125 Å². The first-order valence-electron chi connectivity index (χ1n) is 6.87. The van der Waals surface area contributed by atoms with Crippen molar-refractivity contribution in [3.05, 3.63) is 29.8 Å².